The molecule has 0 unspecified atom stereocenters. The first-order valence-electron chi connectivity index (χ1n) is 9.63. The summed E-state index contributed by atoms with van der Waals surface area (Å²) in [4.78, 5) is 12.4. The lowest BCUT2D eigenvalue weighted by atomic mass is 10.1. The van der Waals surface area contributed by atoms with Gasteiger partial charge < -0.3 is 14.8 Å². The normalized spacial score (nSPS) is 10.9. The van der Waals surface area contributed by atoms with Crippen LogP contribution in [0.5, 0.6) is 11.5 Å². The molecule has 3 aromatic rings. The average Bonchev–Trinajstić information content (AvgIpc) is 2.71. The van der Waals surface area contributed by atoms with E-state index in [9.17, 15) is 4.79 Å². The van der Waals surface area contributed by atoms with Gasteiger partial charge in [-0.15, -0.1) is 0 Å². The molecule has 146 valence electrons. The van der Waals surface area contributed by atoms with Crippen molar-refractivity contribution in [3.05, 3.63) is 71.8 Å². The van der Waals surface area contributed by atoms with Gasteiger partial charge in [0.25, 0.3) is 5.91 Å². The summed E-state index contributed by atoms with van der Waals surface area (Å²) in [6, 6.07) is 19.6. The number of carbonyl (C=O) groups is 1. The molecule has 0 aliphatic rings. The van der Waals surface area contributed by atoms with Crippen LogP contribution in [0.3, 0.4) is 0 Å². The Labute approximate surface area is 166 Å². The summed E-state index contributed by atoms with van der Waals surface area (Å²) in [6.07, 6.45) is 0.958. The molecule has 0 spiro atoms. The number of rotatable bonds is 8. The molecule has 0 aliphatic carbocycles. The first-order valence-corrected chi connectivity index (χ1v) is 9.63. The van der Waals surface area contributed by atoms with E-state index in [-0.39, 0.29) is 5.91 Å². The van der Waals surface area contributed by atoms with Gasteiger partial charge in [0.05, 0.1) is 7.11 Å². The maximum Gasteiger partial charge on any atom is 0.251 e. The molecular formula is C24H27NO3. The second-order valence-electron chi connectivity index (χ2n) is 7.26. The van der Waals surface area contributed by atoms with E-state index in [2.05, 4.69) is 31.3 Å². The molecule has 4 nitrogen and oxygen atoms in total. The predicted molar refractivity (Wildman–Crippen MR) is 113 cm³/mol. The zero-order valence-electron chi connectivity index (χ0n) is 16.7. The van der Waals surface area contributed by atoms with Gasteiger partial charge in [-0.1, -0.05) is 44.2 Å². The largest absolute Gasteiger partial charge is 0.496 e. The lowest BCUT2D eigenvalue weighted by molar-refractivity contribution is 0.0952. The van der Waals surface area contributed by atoms with Crippen molar-refractivity contribution in [1.82, 2.24) is 5.32 Å². The molecule has 0 atom stereocenters. The van der Waals surface area contributed by atoms with Crippen molar-refractivity contribution in [2.24, 2.45) is 5.92 Å². The standard InChI is InChI=1S/C24H27NO3/c1-17(2)12-13-25-24(26)20-9-11-23(27-3)21(14-20)16-28-22-10-8-18-6-4-5-7-19(18)15-22/h4-11,14-15,17H,12-13,16H2,1-3H3,(H,25,26). The summed E-state index contributed by atoms with van der Waals surface area (Å²) in [7, 11) is 1.62. The Hall–Kier alpha value is -3.01. The minimum absolute atomic E-state index is 0.0738. The van der Waals surface area contributed by atoms with Crippen molar-refractivity contribution >= 4 is 16.7 Å². The lowest BCUT2D eigenvalue weighted by Crippen LogP contribution is -2.25. The van der Waals surface area contributed by atoms with Gasteiger partial charge in [-0.25, -0.2) is 0 Å². The highest BCUT2D eigenvalue weighted by Gasteiger charge is 2.11. The van der Waals surface area contributed by atoms with Crippen LogP contribution >= 0.6 is 0 Å². The summed E-state index contributed by atoms with van der Waals surface area (Å²) in [5.74, 6) is 1.98. The lowest BCUT2D eigenvalue weighted by Gasteiger charge is -2.13. The van der Waals surface area contributed by atoms with Gasteiger partial charge in [0, 0.05) is 17.7 Å². The Bertz CT molecular complexity index is 949. The molecule has 0 radical (unpaired) electrons. The second-order valence-corrected chi connectivity index (χ2v) is 7.26. The highest BCUT2D eigenvalue weighted by Crippen LogP contribution is 2.25. The highest BCUT2D eigenvalue weighted by atomic mass is 16.5. The first-order chi connectivity index (χ1) is 13.6. The van der Waals surface area contributed by atoms with Crippen LogP contribution in [-0.2, 0) is 6.61 Å². The molecule has 0 aliphatic heterocycles. The molecule has 3 rings (SSSR count). The fourth-order valence-corrected chi connectivity index (χ4v) is 3.03. The summed E-state index contributed by atoms with van der Waals surface area (Å²) >= 11 is 0. The van der Waals surface area contributed by atoms with Crippen LogP contribution in [0.4, 0.5) is 0 Å². The van der Waals surface area contributed by atoms with Crippen molar-refractivity contribution in [3.63, 3.8) is 0 Å². The molecule has 0 heterocycles. The number of ether oxygens (including phenoxy) is 2. The monoisotopic (exact) mass is 377 g/mol. The van der Waals surface area contributed by atoms with Crippen molar-refractivity contribution in [2.45, 2.75) is 26.9 Å². The van der Waals surface area contributed by atoms with Crippen molar-refractivity contribution in [1.29, 1.82) is 0 Å². The molecular weight excluding hydrogens is 350 g/mol. The predicted octanol–water partition coefficient (Wildman–Crippen LogP) is 5.20. The summed E-state index contributed by atoms with van der Waals surface area (Å²) in [6.45, 7) is 5.28. The van der Waals surface area contributed by atoms with Crippen LogP contribution in [0.15, 0.2) is 60.7 Å². The molecule has 28 heavy (non-hydrogen) atoms. The van der Waals surface area contributed by atoms with Gasteiger partial charge in [-0.05, 0) is 53.4 Å². The van der Waals surface area contributed by atoms with Gasteiger partial charge in [-0.3, -0.25) is 4.79 Å². The van der Waals surface area contributed by atoms with Crippen molar-refractivity contribution in [3.8, 4) is 11.5 Å². The van der Waals surface area contributed by atoms with Gasteiger partial charge in [-0.2, -0.15) is 0 Å². The molecule has 1 amide bonds. The van der Waals surface area contributed by atoms with E-state index in [0.29, 0.717) is 30.4 Å². The van der Waals surface area contributed by atoms with Crippen LogP contribution < -0.4 is 14.8 Å². The third-order valence-corrected chi connectivity index (χ3v) is 4.67. The number of fused-ring (bicyclic) bond motifs is 1. The Morgan fingerprint density at radius 1 is 1.00 bits per heavy atom. The summed E-state index contributed by atoms with van der Waals surface area (Å²) in [5.41, 5.74) is 1.45. The zero-order chi connectivity index (χ0) is 19.9. The SMILES string of the molecule is COc1ccc(C(=O)NCCC(C)C)cc1COc1ccc2ccccc2c1. The smallest absolute Gasteiger partial charge is 0.251 e. The highest BCUT2D eigenvalue weighted by molar-refractivity contribution is 5.94. The van der Waals surface area contributed by atoms with Crippen LogP contribution in [0.1, 0.15) is 36.2 Å². The maximum absolute atomic E-state index is 12.4. The molecule has 0 bridgehead atoms. The van der Waals surface area contributed by atoms with Crippen LogP contribution in [-0.4, -0.2) is 19.6 Å². The van der Waals surface area contributed by atoms with E-state index < -0.39 is 0 Å². The zero-order valence-corrected chi connectivity index (χ0v) is 16.7. The topological polar surface area (TPSA) is 47.6 Å². The number of amides is 1. The van der Waals surface area contributed by atoms with Crippen LogP contribution in [0.25, 0.3) is 10.8 Å². The van der Waals surface area contributed by atoms with E-state index in [1.807, 2.05) is 42.5 Å². The van der Waals surface area contributed by atoms with Gasteiger partial charge >= 0.3 is 0 Å². The van der Waals surface area contributed by atoms with Crippen LogP contribution in [0, 0.1) is 5.92 Å². The minimum Gasteiger partial charge on any atom is -0.496 e. The van der Waals surface area contributed by atoms with E-state index in [1.54, 1.807) is 13.2 Å². The second kappa shape index (κ2) is 9.27. The molecule has 0 saturated carbocycles. The van der Waals surface area contributed by atoms with E-state index in [4.69, 9.17) is 9.47 Å². The summed E-state index contributed by atoms with van der Waals surface area (Å²) in [5, 5.41) is 5.27. The Morgan fingerprint density at radius 2 is 1.79 bits per heavy atom. The van der Waals surface area contributed by atoms with Gasteiger partial charge in [0.1, 0.15) is 18.1 Å². The molecule has 1 N–H and O–H groups in total. The molecule has 4 heteroatoms. The number of hydrogen-bond donors (Lipinski definition) is 1. The Balaban J connectivity index is 1.71. The quantitative estimate of drug-likeness (QED) is 0.587. The third kappa shape index (κ3) is 5.03. The number of nitrogens with one attached hydrogen (secondary N) is 1. The number of methoxy groups -OCH3 is 1. The Kier molecular flexibility index (Phi) is 6.53. The fourth-order valence-electron chi connectivity index (χ4n) is 3.03. The van der Waals surface area contributed by atoms with E-state index in [0.717, 1.165) is 23.1 Å². The van der Waals surface area contributed by atoms with Crippen molar-refractivity contribution < 1.29 is 14.3 Å². The van der Waals surface area contributed by atoms with Gasteiger partial charge in [0.15, 0.2) is 0 Å². The Morgan fingerprint density at radius 3 is 2.54 bits per heavy atom. The van der Waals surface area contributed by atoms with Crippen LogP contribution in [0.2, 0.25) is 0 Å². The summed E-state index contributed by atoms with van der Waals surface area (Å²) < 4.78 is 11.4. The average molecular weight is 377 g/mol. The maximum atomic E-state index is 12.4. The molecule has 0 fully saturated rings. The molecule has 0 aromatic heterocycles. The molecule has 3 aromatic carbocycles. The minimum atomic E-state index is -0.0738. The van der Waals surface area contributed by atoms with Gasteiger partial charge in [0.2, 0.25) is 0 Å². The molecule has 0 saturated heterocycles. The number of carbonyl (C=O) groups excluding carboxylic acids is 1. The van der Waals surface area contributed by atoms with E-state index in [1.165, 1.54) is 5.39 Å². The fraction of sp³-hybridized carbons (Fsp3) is 0.292. The van der Waals surface area contributed by atoms with E-state index >= 15 is 0 Å². The van der Waals surface area contributed by atoms with Crippen molar-refractivity contribution in [2.75, 3.05) is 13.7 Å². The number of hydrogen-bond acceptors (Lipinski definition) is 3. The third-order valence-electron chi connectivity index (χ3n) is 4.67. The number of benzene rings is 3. The first kappa shape index (κ1) is 19.7.